The molecule has 4 nitrogen and oxygen atoms in total. The van der Waals surface area contributed by atoms with E-state index in [0.29, 0.717) is 12.4 Å². The number of carbonyl (C=O) groups excluding carboxylic acids is 1. The van der Waals surface area contributed by atoms with Crippen LogP contribution in [0.1, 0.15) is 13.8 Å². The molecule has 0 saturated heterocycles. The summed E-state index contributed by atoms with van der Waals surface area (Å²) in [5.41, 5.74) is 0.724. The van der Waals surface area contributed by atoms with Gasteiger partial charge >= 0.3 is 0 Å². The summed E-state index contributed by atoms with van der Waals surface area (Å²) in [7, 11) is 0. The van der Waals surface area contributed by atoms with Crippen LogP contribution in [0, 0.1) is 0 Å². The molecule has 0 bridgehead atoms. The van der Waals surface area contributed by atoms with Gasteiger partial charge in [0.2, 0.25) is 0 Å². The highest BCUT2D eigenvalue weighted by molar-refractivity contribution is 9.10. The predicted molar refractivity (Wildman–Crippen MR) is 90.5 cm³/mol. The SMILES string of the molecule is CCOc1ccc(OC(C)C(=O)Nc2cccc(Br)c2)cc1. The van der Waals surface area contributed by atoms with Crippen LogP contribution < -0.4 is 14.8 Å². The first-order chi connectivity index (χ1) is 10.6. The van der Waals surface area contributed by atoms with Gasteiger partial charge in [-0.1, -0.05) is 22.0 Å². The summed E-state index contributed by atoms with van der Waals surface area (Å²) in [5, 5.41) is 2.82. The van der Waals surface area contributed by atoms with E-state index in [1.165, 1.54) is 0 Å². The lowest BCUT2D eigenvalue weighted by molar-refractivity contribution is -0.122. The number of ether oxygens (including phenoxy) is 2. The van der Waals surface area contributed by atoms with E-state index in [-0.39, 0.29) is 5.91 Å². The zero-order valence-corrected chi connectivity index (χ0v) is 14.1. The van der Waals surface area contributed by atoms with Crippen LogP contribution in [-0.4, -0.2) is 18.6 Å². The van der Waals surface area contributed by atoms with E-state index >= 15 is 0 Å². The van der Waals surface area contributed by atoms with E-state index in [9.17, 15) is 4.79 Å². The maximum absolute atomic E-state index is 12.1. The second kappa shape index (κ2) is 7.84. The molecule has 0 aromatic heterocycles. The summed E-state index contributed by atoms with van der Waals surface area (Å²) in [6.07, 6.45) is -0.600. The van der Waals surface area contributed by atoms with Crippen molar-refractivity contribution in [1.29, 1.82) is 0 Å². The lowest BCUT2D eigenvalue weighted by Gasteiger charge is -2.15. The van der Waals surface area contributed by atoms with E-state index < -0.39 is 6.10 Å². The van der Waals surface area contributed by atoms with Crippen molar-refractivity contribution in [2.45, 2.75) is 20.0 Å². The minimum absolute atomic E-state index is 0.202. The van der Waals surface area contributed by atoms with Crippen LogP contribution >= 0.6 is 15.9 Å². The van der Waals surface area contributed by atoms with Crippen molar-refractivity contribution >= 4 is 27.5 Å². The minimum Gasteiger partial charge on any atom is -0.494 e. The van der Waals surface area contributed by atoms with Gasteiger partial charge in [-0.2, -0.15) is 0 Å². The number of hydrogen-bond acceptors (Lipinski definition) is 3. The zero-order valence-electron chi connectivity index (χ0n) is 12.5. The Balaban J connectivity index is 1.93. The van der Waals surface area contributed by atoms with Crippen molar-refractivity contribution in [2.24, 2.45) is 0 Å². The summed E-state index contributed by atoms with van der Waals surface area (Å²) in [5.74, 6) is 1.20. The number of anilines is 1. The molecule has 2 aromatic rings. The highest BCUT2D eigenvalue weighted by atomic mass is 79.9. The van der Waals surface area contributed by atoms with Gasteiger partial charge in [0.15, 0.2) is 6.10 Å². The smallest absolute Gasteiger partial charge is 0.265 e. The summed E-state index contributed by atoms with van der Waals surface area (Å²) < 4.78 is 11.9. The Hall–Kier alpha value is -2.01. The lowest BCUT2D eigenvalue weighted by Crippen LogP contribution is -2.30. The number of nitrogens with one attached hydrogen (secondary N) is 1. The number of halogens is 1. The van der Waals surface area contributed by atoms with Gasteiger partial charge in [-0.15, -0.1) is 0 Å². The average Bonchev–Trinajstić information content (AvgIpc) is 2.49. The summed E-state index contributed by atoms with van der Waals surface area (Å²) in [4.78, 5) is 12.1. The summed E-state index contributed by atoms with van der Waals surface area (Å²) in [6, 6.07) is 14.6. The second-order valence-corrected chi connectivity index (χ2v) is 5.58. The molecule has 0 radical (unpaired) electrons. The van der Waals surface area contributed by atoms with E-state index in [4.69, 9.17) is 9.47 Å². The molecule has 2 rings (SSSR count). The molecule has 116 valence electrons. The van der Waals surface area contributed by atoms with Gasteiger partial charge in [0.1, 0.15) is 11.5 Å². The third-order valence-electron chi connectivity index (χ3n) is 2.91. The van der Waals surface area contributed by atoms with Crippen LogP contribution in [0.3, 0.4) is 0 Å². The van der Waals surface area contributed by atoms with Gasteiger partial charge in [0, 0.05) is 10.2 Å². The van der Waals surface area contributed by atoms with Gasteiger partial charge in [-0.05, 0) is 56.3 Å². The maximum atomic E-state index is 12.1. The molecule has 0 aliphatic carbocycles. The molecule has 5 heteroatoms. The van der Waals surface area contributed by atoms with Crippen LogP contribution in [0.4, 0.5) is 5.69 Å². The Bertz CT molecular complexity index is 628. The van der Waals surface area contributed by atoms with Crippen molar-refractivity contribution in [3.8, 4) is 11.5 Å². The lowest BCUT2D eigenvalue weighted by atomic mass is 10.3. The molecule has 0 heterocycles. The molecule has 1 unspecified atom stereocenters. The molecule has 22 heavy (non-hydrogen) atoms. The molecule has 2 aromatic carbocycles. The first-order valence-electron chi connectivity index (χ1n) is 7.04. The molecular formula is C17H18BrNO3. The average molecular weight is 364 g/mol. The Kier molecular flexibility index (Phi) is 5.83. The third-order valence-corrected chi connectivity index (χ3v) is 3.40. The molecule has 0 fully saturated rings. The van der Waals surface area contributed by atoms with Gasteiger partial charge < -0.3 is 14.8 Å². The Morgan fingerprint density at radius 1 is 1.18 bits per heavy atom. The molecular weight excluding hydrogens is 346 g/mol. The van der Waals surface area contributed by atoms with Crippen LogP contribution in [-0.2, 0) is 4.79 Å². The first kappa shape index (κ1) is 16.4. The van der Waals surface area contributed by atoms with Crippen LogP contribution in [0.25, 0.3) is 0 Å². The summed E-state index contributed by atoms with van der Waals surface area (Å²) in [6.45, 7) is 4.26. The topological polar surface area (TPSA) is 47.6 Å². The van der Waals surface area contributed by atoms with Gasteiger partial charge in [-0.25, -0.2) is 0 Å². The minimum atomic E-state index is -0.600. The fourth-order valence-corrected chi connectivity index (χ4v) is 2.25. The fourth-order valence-electron chi connectivity index (χ4n) is 1.85. The van der Waals surface area contributed by atoms with Crippen molar-refractivity contribution in [2.75, 3.05) is 11.9 Å². The van der Waals surface area contributed by atoms with Crippen molar-refractivity contribution in [3.63, 3.8) is 0 Å². The van der Waals surface area contributed by atoms with Crippen molar-refractivity contribution in [3.05, 3.63) is 53.0 Å². The third kappa shape index (κ3) is 4.77. The van der Waals surface area contributed by atoms with Crippen LogP contribution in [0.2, 0.25) is 0 Å². The maximum Gasteiger partial charge on any atom is 0.265 e. The standard InChI is InChI=1S/C17H18BrNO3/c1-3-21-15-7-9-16(10-8-15)22-12(2)17(20)19-14-6-4-5-13(18)11-14/h4-12H,3H2,1-2H3,(H,19,20). The fraction of sp³-hybridized carbons (Fsp3) is 0.235. The zero-order chi connectivity index (χ0) is 15.9. The van der Waals surface area contributed by atoms with E-state index in [2.05, 4.69) is 21.2 Å². The highest BCUT2D eigenvalue weighted by Crippen LogP contribution is 2.20. The summed E-state index contributed by atoms with van der Waals surface area (Å²) >= 11 is 3.37. The normalized spacial score (nSPS) is 11.6. The Labute approximate surface area is 138 Å². The van der Waals surface area contributed by atoms with Crippen LogP contribution in [0.5, 0.6) is 11.5 Å². The quantitative estimate of drug-likeness (QED) is 0.834. The number of rotatable bonds is 6. The number of hydrogen-bond donors (Lipinski definition) is 1. The van der Waals surface area contributed by atoms with E-state index in [1.807, 2.05) is 43.3 Å². The van der Waals surface area contributed by atoms with Crippen LogP contribution in [0.15, 0.2) is 53.0 Å². The first-order valence-corrected chi connectivity index (χ1v) is 7.83. The second-order valence-electron chi connectivity index (χ2n) is 4.66. The monoisotopic (exact) mass is 363 g/mol. The predicted octanol–water partition coefficient (Wildman–Crippen LogP) is 4.25. The number of carbonyl (C=O) groups is 1. The molecule has 0 aliphatic heterocycles. The molecule has 1 atom stereocenters. The highest BCUT2D eigenvalue weighted by Gasteiger charge is 2.15. The molecule has 0 aliphatic rings. The Morgan fingerprint density at radius 3 is 2.50 bits per heavy atom. The molecule has 1 N–H and O–H groups in total. The van der Waals surface area contributed by atoms with Gasteiger partial charge in [-0.3, -0.25) is 4.79 Å². The van der Waals surface area contributed by atoms with E-state index in [1.54, 1.807) is 19.1 Å². The number of amides is 1. The van der Waals surface area contributed by atoms with Gasteiger partial charge in [0.25, 0.3) is 5.91 Å². The molecule has 0 saturated carbocycles. The van der Waals surface area contributed by atoms with Crippen molar-refractivity contribution < 1.29 is 14.3 Å². The molecule has 0 spiro atoms. The van der Waals surface area contributed by atoms with Crippen molar-refractivity contribution in [1.82, 2.24) is 0 Å². The molecule has 1 amide bonds. The largest absolute Gasteiger partial charge is 0.494 e. The van der Waals surface area contributed by atoms with E-state index in [0.717, 1.165) is 15.9 Å². The number of benzene rings is 2. The Morgan fingerprint density at radius 2 is 1.86 bits per heavy atom. The van der Waals surface area contributed by atoms with Gasteiger partial charge in [0.05, 0.1) is 6.61 Å².